The van der Waals surface area contributed by atoms with E-state index in [1.165, 1.54) is 5.56 Å². The number of hydrogen-bond acceptors (Lipinski definition) is 2. The monoisotopic (exact) mass is 192 g/mol. The molecule has 14 heavy (non-hydrogen) atoms. The molecule has 0 saturated heterocycles. The van der Waals surface area contributed by atoms with E-state index in [4.69, 9.17) is 4.74 Å². The molecule has 0 bridgehead atoms. The largest absolute Gasteiger partial charge is 0.508 e. The van der Waals surface area contributed by atoms with Crippen LogP contribution in [0.5, 0.6) is 11.5 Å². The molecule has 1 heterocycles. The fourth-order valence-corrected chi connectivity index (χ4v) is 2.02. The molecule has 1 aromatic rings. The Labute approximate surface area is 84.5 Å². The Morgan fingerprint density at radius 3 is 2.86 bits per heavy atom. The molecule has 2 nitrogen and oxygen atoms in total. The summed E-state index contributed by atoms with van der Waals surface area (Å²) in [5, 5.41) is 9.35. The van der Waals surface area contributed by atoms with Crippen molar-refractivity contribution < 1.29 is 9.84 Å². The van der Waals surface area contributed by atoms with Crippen LogP contribution in [0.4, 0.5) is 0 Å². The fraction of sp³-hybridized carbons (Fsp3) is 0.500. The molecule has 0 radical (unpaired) electrons. The van der Waals surface area contributed by atoms with Crippen molar-refractivity contribution in [3.63, 3.8) is 0 Å². The third kappa shape index (κ3) is 1.17. The summed E-state index contributed by atoms with van der Waals surface area (Å²) in [4.78, 5) is 0. The average Bonchev–Trinajstić information content (AvgIpc) is 2.40. The molecule has 1 aliphatic heterocycles. The van der Waals surface area contributed by atoms with E-state index in [1.807, 2.05) is 6.07 Å². The highest BCUT2D eigenvalue weighted by Crippen LogP contribution is 2.46. The molecule has 1 aliphatic rings. The molecule has 1 aromatic carbocycles. The fourth-order valence-electron chi connectivity index (χ4n) is 2.02. The van der Waals surface area contributed by atoms with Crippen LogP contribution in [-0.2, 0) is 0 Å². The molecule has 2 rings (SSSR count). The number of phenolic OH excluding ortho intramolecular Hbond substituents is 1. The third-order valence-corrected chi connectivity index (χ3v) is 3.42. The summed E-state index contributed by atoms with van der Waals surface area (Å²) in [6.45, 7) is 6.42. The van der Waals surface area contributed by atoms with Gasteiger partial charge in [0.05, 0.1) is 0 Å². The quantitative estimate of drug-likeness (QED) is 0.741. The van der Waals surface area contributed by atoms with Gasteiger partial charge in [-0.2, -0.15) is 0 Å². The van der Waals surface area contributed by atoms with Crippen molar-refractivity contribution in [2.45, 2.75) is 38.7 Å². The van der Waals surface area contributed by atoms with Crippen molar-refractivity contribution in [3.8, 4) is 11.5 Å². The van der Waals surface area contributed by atoms with Crippen molar-refractivity contribution in [3.05, 3.63) is 23.8 Å². The zero-order chi connectivity index (χ0) is 10.3. The minimum Gasteiger partial charge on any atom is -0.508 e. The molecule has 0 amide bonds. The van der Waals surface area contributed by atoms with Gasteiger partial charge in [-0.15, -0.1) is 0 Å². The lowest BCUT2D eigenvalue weighted by molar-refractivity contribution is 0.0894. The van der Waals surface area contributed by atoms with Gasteiger partial charge in [0.25, 0.3) is 0 Å². The maximum Gasteiger partial charge on any atom is 0.127 e. The zero-order valence-electron chi connectivity index (χ0n) is 8.87. The van der Waals surface area contributed by atoms with Crippen LogP contribution >= 0.6 is 0 Å². The van der Waals surface area contributed by atoms with Gasteiger partial charge in [-0.25, -0.2) is 0 Å². The van der Waals surface area contributed by atoms with E-state index in [0.29, 0.717) is 5.92 Å². The minimum atomic E-state index is -0.115. The summed E-state index contributed by atoms with van der Waals surface area (Å²) in [7, 11) is 0. The number of aromatic hydroxyl groups is 1. The van der Waals surface area contributed by atoms with Gasteiger partial charge in [0, 0.05) is 17.5 Å². The van der Waals surface area contributed by atoms with Crippen molar-refractivity contribution in [2.24, 2.45) is 0 Å². The summed E-state index contributed by atoms with van der Waals surface area (Å²) in [6.07, 6.45) is 0.976. The third-order valence-electron chi connectivity index (χ3n) is 3.42. The second kappa shape index (κ2) is 2.91. The molecular weight excluding hydrogens is 176 g/mol. The topological polar surface area (TPSA) is 29.5 Å². The van der Waals surface area contributed by atoms with Crippen molar-refractivity contribution in [1.29, 1.82) is 0 Å². The number of rotatable bonds is 1. The Balaban J connectivity index is 2.45. The summed E-state index contributed by atoms with van der Waals surface area (Å²) in [5.41, 5.74) is 1.09. The lowest BCUT2D eigenvalue weighted by Crippen LogP contribution is -2.31. The van der Waals surface area contributed by atoms with Crippen LogP contribution < -0.4 is 4.74 Å². The first-order valence-corrected chi connectivity index (χ1v) is 5.09. The first-order chi connectivity index (χ1) is 6.57. The Bertz CT molecular complexity index is 359. The Morgan fingerprint density at radius 2 is 2.21 bits per heavy atom. The highest BCUT2D eigenvalue weighted by Gasteiger charge is 2.40. The predicted octanol–water partition coefficient (Wildman–Crippen LogP) is 3.06. The van der Waals surface area contributed by atoms with Crippen LogP contribution in [0.3, 0.4) is 0 Å². The molecule has 0 aromatic heterocycles. The van der Waals surface area contributed by atoms with Gasteiger partial charge in [-0.05, 0) is 19.4 Å². The van der Waals surface area contributed by atoms with Crippen LogP contribution in [-0.4, -0.2) is 10.7 Å². The smallest absolute Gasteiger partial charge is 0.127 e. The van der Waals surface area contributed by atoms with Gasteiger partial charge in [0.2, 0.25) is 0 Å². The standard InChI is InChI=1S/C12H16O2/c1-4-12(3)8(2)10-6-5-9(13)7-11(10)14-12/h5-8,13H,4H2,1-3H3. The maximum atomic E-state index is 9.35. The normalized spacial score (nSPS) is 29.8. The molecule has 0 fully saturated rings. The number of benzene rings is 1. The van der Waals surface area contributed by atoms with Gasteiger partial charge in [-0.3, -0.25) is 0 Å². The van der Waals surface area contributed by atoms with Gasteiger partial charge in [0.15, 0.2) is 0 Å². The second-order valence-electron chi connectivity index (χ2n) is 4.21. The molecule has 2 unspecified atom stereocenters. The molecule has 0 aliphatic carbocycles. The number of fused-ring (bicyclic) bond motifs is 1. The van der Waals surface area contributed by atoms with Gasteiger partial charge < -0.3 is 9.84 Å². The predicted molar refractivity (Wildman–Crippen MR) is 55.8 cm³/mol. The van der Waals surface area contributed by atoms with Gasteiger partial charge in [0.1, 0.15) is 17.1 Å². The Hall–Kier alpha value is -1.18. The summed E-state index contributed by atoms with van der Waals surface area (Å²) in [6, 6.07) is 5.38. The first-order valence-electron chi connectivity index (χ1n) is 5.09. The van der Waals surface area contributed by atoms with Crippen LogP contribution in [0.25, 0.3) is 0 Å². The average molecular weight is 192 g/mol. The van der Waals surface area contributed by atoms with E-state index >= 15 is 0 Å². The van der Waals surface area contributed by atoms with Crippen LogP contribution in [0.2, 0.25) is 0 Å². The number of hydrogen-bond donors (Lipinski definition) is 1. The van der Waals surface area contributed by atoms with E-state index < -0.39 is 0 Å². The maximum absolute atomic E-state index is 9.35. The van der Waals surface area contributed by atoms with Crippen molar-refractivity contribution in [2.75, 3.05) is 0 Å². The number of phenols is 1. The lowest BCUT2D eigenvalue weighted by Gasteiger charge is -2.26. The van der Waals surface area contributed by atoms with Crippen LogP contribution in [0, 0.1) is 0 Å². The summed E-state index contributed by atoms with van der Waals surface area (Å²) in [5.74, 6) is 1.50. The first kappa shape index (κ1) is 9.38. The molecule has 2 atom stereocenters. The van der Waals surface area contributed by atoms with E-state index in [9.17, 15) is 5.11 Å². The number of ether oxygens (including phenoxy) is 1. The van der Waals surface area contributed by atoms with Crippen LogP contribution in [0.15, 0.2) is 18.2 Å². The zero-order valence-corrected chi connectivity index (χ0v) is 8.87. The molecule has 76 valence electrons. The molecular formula is C12H16O2. The Kier molecular flexibility index (Phi) is 1.95. The van der Waals surface area contributed by atoms with Crippen molar-refractivity contribution in [1.82, 2.24) is 0 Å². The van der Waals surface area contributed by atoms with Gasteiger partial charge in [-0.1, -0.05) is 19.9 Å². The van der Waals surface area contributed by atoms with Crippen LogP contribution in [0.1, 0.15) is 38.7 Å². The van der Waals surface area contributed by atoms with E-state index in [0.717, 1.165) is 12.2 Å². The second-order valence-corrected chi connectivity index (χ2v) is 4.21. The molecule has 1 N–H and O–H groups in total. The van der Waals surface area contributed by atoms with E-state index in [2.05, 4.69) is 20.8 Å². The van der Waals surface area contributed by atoms with E-state index in [1.54, 1.807) is 12.1 Å². The van der Waals surface area contributed by atoms with Gasteiger partial charge >= 0.3 is 0 Å². The molecule has 2 heteroatoms. The van der Waals surface area contributed by atoms with E-state index in [-0.39, 0.29) is 11.4 Å². The minimum absolute atomic E-state index is 0.115. The Morgan fingerprint density at radius 1 is 1.50 bits per heavy atom. The highest BCUT2D eigenvalue weighted by atomic mass is 16.5. The summed E-state index contributed by atoms with van der Waals surface area (Å²) >= 11 is 0. The SMILES string of the molecule is CCC1(C)Oc2cc(O)ccc2C1C. The molecule has 0 saturated carbocycles. The summed E-state index contributed by atoms with van der Waals surface area (Å²) < 4.78 is 5.88. The lowest BCUT2D eigenvalue weighted by atomic mass is 9.85. The van der Waals surface area contributed by atoms with Crippen molar-refractivity contribution >= 4 is 0 Å². The molecule has 0 spiro atoms. The highest BCUT2D eigenvalue weighted by molar-refractivity contribution is 5.46.